The zero-order valence-electron chi connectivity index (χ0n) is 13.8. The van der Waals surface area contributed by atoms with Crippen molar-refractivity contribution in [3.05, 3.63) is 103 Å². The van der Waals surface area contributed by atoms with E-state index < -0.39 is 0 Å². The van der Waals surface area contributed by atoms with E-state index in [1.807, 2.05) is 0 Å². The summed E-state index contributed by atoms with van der Waals surface area (Å²) < 4.78 is 0. The summed E-state index contributed by atoms with van der Waals surface area (Å²) in [5, 5.41) is 0. The molecule has 0 atom stereocenters. The van der Waals surface area contributed by atoms with Gasteiger partial charge in [0, 0.05) is 0 Å². The van der Waals surface area contributed by atoms with E-state index in [2.05, 4.69) is 103 Å². The van der Waals surface area contributed by atoms with Crippen LogP contribution in [0, 0.1) is 0 Å². The molecule has 0 aliphatic heterocycles. The molecule has 0 fully saturated rings. The first-order chi connectivity index (χ1) is 11.4. The molecule has 0 unspecified atom stereocenters. The smallest absolute Gasteiger partial charge is 0.129 e. The van der Waals surface area contributed by atoms with Crippen molar-refractivity contribution in [1.29, 1.82) is 0 Å². The van der Waals surface area contributed by atoms with Crippen LogP contribution in [0.1, 0.15) is 0 Å². The molecule has 0 amide bonds. The van der Waals surface area contributed by atoms with E-state index in [9.17, 15) is 0 Å². The first-order valence-corrected chi connectivity index (χ1v) is 7.89. The second kappa shape index (κ2) is 8.15. The van der Waals surface area contributed by atoms with Crippen molar-refractivity contribution >= 4 is 0 Å². The van der Waals surface area contributed by atoms with Crippen molar-refractivity contribution in [1.82, 2.24) is 0 Å². The van der Waals surface area contributed by atoms with Gasteiger partial charge in [-0.1, -0.05) is 107 Å². The summed E-state index contributed by atoms with van der Waals surface area (Å²) in [5.74, 6) is 0. The molecule has 0 saturated heterocycles. The van der Waals surface area contributed by atoms with Gasteiger partial charge in [-0.05, 0) is 0 Å². The molecule has 0 aliphatic carbocycles. The normalized spacial score (nSPS) is 10.2. The predicted octanol–water partition coefficient (Wildman–Crippen LogP) is 3.41. The summed E-state index contributed by atoms with van der Waals surface area (Å²) in [7, 11) is 0. The Kier molecular flexibility index (Phi) is 5.93. The average Bonchev–Trinajstić information content (AvgIpc) is 3.09. The van der Waals surface area contributed by atoms with E-state index in [0.29, 0.717) is 0 Å². The molecular weight excluding hydrogens is 315 g/mol. The largest absolute Gasteiger partial charge is 1.00 e. The predicted molar refractivity (Wildman–Crippen MR) is 98.3 cm³/mol. The zero-order chi connectivity index (χ0) is 15.5. The van der Waals surface area contributed by atoms with E-state index >= 15 is 0 Å². The Morgan fingerprint density at radius 1 is 0.500 bits per heavy atom. The Labute approximate surface area is 186 Å². The molecule has 0 bridgehead atoms. The maximum atomic E-state index is 2.24. The average molecular weight is 332 g/mol. The molecule has 1 heteroatoms. The van der Waals surface area contributed by atoms with Gasteiger partial charge in [0.1, 0.15) is 0 Å². The van der Waals surface area contributed by atoms with Crippen molar-refractivity contribution in [3.8, 4) is 33.4 Å². The van der Waals surface area contributed by atoms with E-state index in [-0.39, 0.29) is 51.4 Å². The first kappa shape index (κ1) is 17.5. The number of benzene rings is 3. The van der Waals surface area contributed by atoms with Crippen molar-refractivity contribution in [2.45, 2.75) is 0 Å². The van der Waals surface area contributed by atoms with Crippen molar-refractivity contribution in [2.75, 3.05) is 0 Å². The van der Waals surface area contributed by atoms with Crippen LogP contribution in [0.4, 0.5) is 0 Å². The van der Waals surface area contributed by atoms with Gasteiger partial charge in [0.2, 0.25) is 0 Å². The molecule has 110 valence electrons. The number of hydrogen-bond acceptors (Lipinski definition) is 0. The van der Waals surface area contributed by atoms with Crippen LogP contribution in [0.25, 0.3) is 33.4 Å². The van der Waals surface area contributed by atoms with Crippen LogP contribution in [-0.4, -0.2) is 0 Å². The maximum Gasteiger partial charge on any atom is 1.00 e. The van der Waals surface area contributed by atoms with E-state index in [0.717, 1.165) is 0 Å². The third kappa shape index (κ3) is 3.51. The molecule has 0 spiro atoms. The molecule has 0 heterocycles. The Hall–Kier alpha value is -1.35. The van der Waals surface area contributed by atoms with E-state index in [4.69, 9.17) is 0 Å². The molecule has 4 aromatic rings. The first-order valence-electron chi connectivity index (χ1n) is 7.89. The van der Waals surface area contributed by atoms with E-state index in [1.54, 1.807) is 0 Å². The van der Waals surface area contributed by atoms with Crippen LogP contribution in [0.2, 0.25) is 0 Å². The monoisotopic (exact) mass is 332 g/mol. The molecule has 0 aromatic heterocycles. The SMILES string of the molecule is [K+].c1ccc(-c2cc[c-](-c3ccccc3)c2-c2ccccc2)cc1. The van der Waals surface area contributed by atoms with Crippen molar-refractivity contribution in [3.63, 3.8) is 0 Å². The van der Waals surface area contributed by atoms with Gasteiger partial charge in [0.05, 0.1) is 0 Å². The van der Waals surface area contributed by atoms with Gasteiger partial charge in [-0.3, -0.25) is 0 Å². The summed E-state index contributed by atoms with van der Waals surface area (Å²) in [6.07, 6.45) is 0. The summed E-state index contributed by atoms with van der Waals surface area (Å²) in [5.41, 5.74) is 7.66. The van der Waals surface area contributed by atoms with Gasteiger partial charge < -0.3 is 0 Å². The molecule has 0 saturated carbocycles. The Bertz CT molecular complexity index is 834. The fourth-order valence-corrected chi connectivity index (χ4v) is 3.11. The maximum absolute atomic E-state index is 2.24. The van der Waals surface area contributed by atoms with Crippen molar-refractivity contribution in [2.24, 2.45) is 0 Å². The van der Waals surface area contributed by atoms with Gasteiger partial charge in [0.25, 0.3) is 0 Å². The second-order valence-electron chi connectivity index (χ2n) is 5.63. The minimum Gasteiger partial charge on any atom is -0.129 e. The topological polar surface area (TPSA) is 0 Å². The molecule has 4 rings (SSSR count). The molecule has 0 nitrogen and oxygen atoms in total. The summed E-state index contributed by atoms with van der Waals surface area (Å²) in [4.78, 5) is 0. The Morgan fingerprint density at radius 3 is 1.58 bits per heavy atom. The zero-order valence-corrected chi connectivity index (χ0v) is 16.9. The van der Waals surface area contributed by atoms with Crippen molar-refractivity contribution < 1.29 is 51.4 Å². The minimum atomic E-state index is 0. The summed E-state index contributed by atoms with van der Waals surface area (Å²) in [6, 6.07) is 36.3. The Balaban J connectivity index is 0.00000169. The summed E-state index contributed by atoms with van der Waals surface area (Å²) >= 11 is 0. The molecular formula is C23H17K. The third-order valence-corrected chi connectivity index (χ3v) is 4.19. The van der Waals surface area contributed by atoms with Crippen LogP contribution in [0.5, 0.6) is 0 Å². The number of rotatable bonds is 3. The molecule has 24 heavy (non-hydrogen) atoms. The van der Waals surface area contributed by atoms with Gasteiger partial charge in [-0.2, -0.15) is 0 Å². The molecule has 0 N–H and O–H groups in total. The van der Waals surface area contributed by atoms with Crippen LogP contribution < -0.4 is 51.4 Å². The third-order valence-electron chi connectivity index (χ3n) is 4.19. The van der Waals surface area contributed by atoms with Crippen LogP contribution in [0.3, 0.4) is 0 Å². The standard InChI is InChI=1S/C23H17.K/c1-4-10-18(11-5-1)21-16-17-22(19-12-6-2-7-13-19)23(21)20-14-8-3-9-15-20;/h1-17H;/q-1;+1. The van der Waals surface area contributed by atoms with Crippen LogP contribution >= 0.6 is 0 Å². The molecule has 0 radical (unpaired) electrons. The quantitative estimate of drug-likeness (QED) is 0.398. The van der Waals surface area contributed by atoms with Crippen LogP contribution in [0.15, 0.2) is 103 Å². The van der Waals surface area contributed by atoms with E-state index in [1.165, 1.54) is 33.4 Å². The van der Waals surface area contributed by atoms with Crippen LogP contribution in [-0.2, 0) is 0 Å². The fourth-order valence-electron chi connectivity index (χ4n) is 3.11. The second-order valence-corrected chi connectivity index (χ2v) is 5.63. The number of hydrogen-bond donors (Lipinski definition) is 0. The van der Waals surface area contributed by atoms with Gasteiger partial charge in [0.15, 0.2) is 0 Å². The minimum absolute atomic E-state index is 0. The summed E-state index contributed by atoms with van der Waals surface area (Å²) in [6.45, 7) is 0. The van der Waals surface area contributed by atoms with Gasteiger partial charge in [-0.15, -0.1) is 29.8 Å². The van der Waals surface area contributed by atoms with Gasteiger partial charge in [-0.25, -0.2) is 0 Å². The fraction of sp³-hybridized carbons (Fsp3) is 0. The van der Waals surface area contributed by atoms with Gasteiger partial charge >= 0.3 is 51.4 Å². The molecule has 0 aliphatic rings. The Morgan fingerprint density at radius 2 is 1.00 bits per heavy atom. The molecule has 4 aromatic carbocycles.